The van der Waals surface area contributed by atoms with Gasteiger partial charge < -0.3 is 9.64 Å². The lowest BCUT2D eigenvalue weighted by atomic mass is 9.65. The highest BCUT2D eigenvalue weighted by atomic mass is 16.5. The van der Waals surface area contributed by atoms with Crippen molar-refractivity contribution < 1.29 is 4.74 Å². The van der Waals surface area contributed by atoms with Crippen LogP contribution in [0.15, 0.2) is 200 Å². The summed E-state index contributed by atoms with van der Waals surface area (Å²) < 4.78 is 7.04. The van der Waals surface area contributed by atoms with Crippen molar-refractivity contribution in [2.75, 3.05) is 4.90 Å². The fourth-order valence-corrected chi connectivity index (χ4v) is 12.3. The Morgan fingerprint density at radius 1 is 0.303 bits per heavy atom. The summed E-state index contributed by atoms with van der Waals surface area (Å²) in [7, 11) is 0. The van der Waals surface area contributed by atoms with Gasteiger partial charge in [0.15, 0.2) is 0 Å². The number of hydrogen-bond donors (Lipinski definition) is 0. The minimum Gasteiger partial charge on any atom is -0.457 e. The molecule has 0 N–H and O–H groups in total. The molecule has 0 radical (unpaired) electrons. The Labute approximate surface area is 388 Å². The van der Waals surface area contributed by atoms with Gasteiger partial charge in [-0.1, -0.05) is 193 Å². The highest BCUT2D eigenvalue weighted by Gasteiger charge is 2.53. The zero-order valence-corrected chi connectivity index (χ0v) is 38.4. The van der Waals surface area contributed by atoms with E-state index in [0.717, 1.165) is 34.1 Å². The van der Waals surface area contributed by atoms with E-state index in [4.69, 9.17) is 4.74 Å². The van der Waals surface area contributed by atoms with E-state index in [2.05, 4.69) is 247 Å². The predicted octanol–water partition coefficient (Wildman–Crippen LogP) is 16.6. The third-order valence-electron chi connectivity index (χ3n) is 15.3. The first kappa shape index (κ1) is 39.0. The van der Waals surface area contributed by atoms with Crippen LogP contribution >= 0.6 is 0 Å². The van der Waals surface area contributed by atoms with Crippen LogP contribution in [-0.4, -0.2) is 0 Å². The molecular formula is C64H51NO. The third-order valence-corrected chi connectivity index (χ3v) is 15.3. The van der Waals surface area contributed by atoms with Gasteiger partial charge in [0.25, 0.3) is 0 Å². The first-order chi connectivity index (χ1) is 32.0. The first-order valence-electron chi connectivity index (χ1n) is 23.5. The fraction of sp³-hybridized carbons (Fsp3) is 0.156. The lowest BCUT2D eigenvalue weighted by Gasteiger charge is -2.41. The van der Waals surface area contributed by atoms with E-state index in [1.165, 1.54) is 83.5 Å². The molecule has 9 aromatic carbocycles. The van der Waals surface area contributed by atoms with E-state index in [1.807, 2.05) is 0 Å². The minimum atomic E-state index is -0.642. The molecule has 318 valence electrons. The highest BCUT2D eigenvalue weighted by molar-refractivity contribution is 5.97. The molecule has 0 unspecified atom stereocenters. The number of ether oxygens (including phenoxy) is 1. The molecule has 0 saturated carbocycles. The zero-order chi connectivity index (χ0) is 44.7. The highest BCUT2D eigenvalue weighted by Crippen LogP contribution is 2.65. The summed E-state index contributed by atoms with van der Waals surface area (Å²) in [5.74, 6) is 1.79. The topological polar surface area (TPSA) is 12.5 Å². The van der Waals surface area contributed by atoms with Gasteiger partial charge in [0.2, 0.25) is 0 Å². The van der Waals surface area contributed by atoms with Crippen molar-refractivity contribution in [1.29, 1.82) is 0 Å². The summed E-state index contributed by atoms with van der Waals surface area (Å²) >= 11 is 0. The molecule has 4 aliphatic rings. The molecule has 0 fully saturated rings. The van der Waals surface area contributed by atoms with E-state index < -0.39 is 10.8 Å². The van der Waals surface area contributed by atoms with Gasteiger partial charge in [-0.25, -0.2) is 0 Å². The average Bonchev–Trinajstić information content (AvgIpc) is 3.91. The maximum absolute atomic E-state index is 7.04. The van der Waals surface area contributed by atoms with Crippen LogP contribution in [0.25, 0.3) is 33.4 Å². The van der Waals surface area contributed by atoms with Crippen molar-refractivity contribution in [2.45, 2.75) is 63.2 Å². The molecule has 2 nitrogen and oxygen atoms in total. The van der Waals surface area contributed by atoms with Crippen molar-refractivity contribution in [2.24, 2.45) is 0 Å². The van der Waals surface area contributed by atoms with E-state index in [9.17, 15) is 0 Å². The van der Waals surface area contributed by atoms with E-state index >= 15 is 0 Å². The lowest BCUT2D eigenvalue weighted by molar-refractivity contribution is 0.436. The maximum Gasteiger partial charge on any atom is 0.132 e. The second-order valence-electron chi connectivity index (χ2n) is 20.8. The van der Waals surface area contributed by atoms with Crippen LogP contribution in [0.3, 0.4) is 0 Å². The molecule has 0 amide bonds. The lowest BCUT2D eigenvalue weighted by Crippen LogP contribution is -2.33. The molecule has 9 aromatic rings. The van der Waals surface area contributed by atoms with Crippen molar-refractivity contribution >= 4 is 17.1 Å². The van der Waals surface area contributed by atoms with Crippen LogP contribution in [0.4, 0.5) is 17.1 Å². The monoisotopic (exact) mass is 849 g/mol. The Kier molecular flexibility index (Phi) is 8.01. The smallest absolute Gasteiger partial charge is 0.132 e. The molecule has 66 heavy (non-hydrogen) atoms. The summed E-state index contributed by atoms with van der Waals surface area (Å²) in [6, 6.07) is 75.5. The van der Waals surface area contributed by atoms with Crippen molar-refractivity contribution in [1.82, 2.24) is 0 Å². The van der Waals surface area contributed by atoms with Crippen molar-refractivity contribution in [3.8, 4) is 44.9 Å². The largest absolute Gasteiger partial charge is 0.457 e. The minimum absolute atomic E-state index is 0.0496. The second-order valence-corrected chi connectivity index (χ2v) is 20.8. The Bertz CT molecular complexity index is 3360. The predicted molar refractivity (Wildman–Crippen MR) is 272 cm³/mol. The molecular weight excluding hydrogens is 799 g/mol. The number of fused-ring (bicyclic) bond motifs is 19. The number of rotatable bonds is 3. The summed E-state index contributed by atoms with van der Waals surface area (Å²) in [5, 5.41) is 0. The molecule has 1 aliphatic heterocycles. The van der Waals surface area contributed by atoms with Crippen LogP contribution in [0.2, 0.25) is 0 Å². The number of benzene rings is 9. The van der Waals surface area contributed by atoms with Gasteiger partial charge in [0.1, 0.15) is 11.5 Å². The average molecular weight is 850 g/mol. The number of anilines is 3. The van der Waals surface area contributed by atoms with Gasteiger partial charge in [-0.2, -0.15) is 0 Å². The van der Waals surface area contributed by atoms with Crippen molar-refractivity contribution in [3.63, 3.8) is 0 Å². The maximum atomic E-state index is 7.04. The standard InChI is InChI=1S/C64H51NO/c1-61(2,3)40-28-32-48-49-33-29-41(62(4,5)6)37-56(49)64(55(48)36-40)54-26-16-17-27-59(54)66-60-35-31-44(39-58(60)64)65(42-18-8-7-9-19-42)43-30-34-50-47-22-12-15-25-53(47)63(57(50)38-43)51-23-13-10-20-45(51)46-21-11-14-24-52(46)63/h7-39H,1-6H3. The molecule has 2 heteroatoms. The number of para-hydroxylation sites is 2. The van der Waals surface area contributed by atoms with E-state index in [1.54, 1.807) is 0 Å². The SMILES string of the molecule is CC(C)(C)c1ccc2c(c1)C1(c3ccccc3Oc3ccc(N(c4ccccc4)c4ccc5c(c4)C4(c6ccccc6-c6ccccc64)c4ccccc4-5)cc31)c1cc(C(C)(C)C)ccc1-2. The molecule has 3 aliphatic carbocycles. The Balaban J connectivity index is 1.09. The van der Waals surface area contributed by atoms with Gasteiger partial charge in [0.05, 0.1) is 10.8 Å². The molecule has 2 spiro atoms. The zero-order valence-electron chi connectivity index (χ0n) is 38.4. The van der Waals surface area contributed by atoms with Crippen LogP contribution in [0.1, 0.15) is 97.2 Å². The van der Waals surface area contributed by atoms with Crippen LogP contribution in [0, 0.1) is 0 Å². The van der Waals surface area contributed by atoms with E-state index in [-0.39, 0.29) is 10.8 Å². The van der Waals surface area contributed by atoms with Gasteiger partial charge in [-0.15, -0.1) is 0 Å². The third kappa shape index (κ3) is 5.13. The van der Waals surface area contributed by atoms with Gasteiger partial charge in [-0.3, -0.25) is 0 Å². The molecule has 0 bridgehead atoms. The van der Waals surface area contributed by atoms with Crippen LogP contribution in [-0.2, 0) is 21.7 Å². The summed E-state index contributed by atoms with van der Waals surface area (Å²) in [4.78, 5) is 2.46. The Hall–Kier alpha value is -7.42. The molecule has 13 rings (SSSR count). The van der Waals surface area contributed by atoms with Crippen LogP contribution in [0.5, 0.6) is 11.5 Å². The van der Waals surface area contributed by atoms with Gasteiger partial charge in [0, 0.05) is 28.2 Å². The van der Waals surface area contributed by atoms with Gasteiger partial charge >= 0.3 is 0 Å². The fourth-order valence-electron chi connectivity index (χ4n) is 12.3. The summed E-state index contributed by atoms with van der Waals surface area (Å²) in [6.07, 6.45) is 0. The Morgan fingerprint density at radius 2 is 0.682 bits per heavy atom. The quantitative estimate of drug-likeness (QED) is 0.176. The van der Waals surface area contributed by atoms with E-state index in [0.29, 0.717) is 0 Å². The number of hydrogen-bond acceptors (Lipinski definition) is 2. The normalized spacial score (nSPS) is 14.9. The molecule has 0 atom stereocenters. The number of nitrogens with zero attached hydrogens (tertiary/aromatic N) is 1. The van der Waals surface area contributed by atoms with Crippen molar-refractivity contribution in [3.05, 3.63) is 256 Å². The molecule has 1 heterocycles. The van der Waals surface area contributed by atoms with Crippen LogP contribution < -0.4 is 9.64 Å². The second kappa shape index (κ2) is 13.6. The molecule has 0 saturated heterocycles. The Morgan fingerprint density at radius 3 is 1.21 bits per heavy atom. The van der Waals surface area contributed by atoms with Gasteiger partial charge in [-0.05, 0) is 137 Å². The first-order valence-corrected chi connectivity index (χ1v) is 23.5. The summed E-state index contributed by atoms with van der Waals surface area (Å²) in [6.45, 7) is 13.9. The molecule has 0 aromatic heterocycles. The summed E-state index contributed by atoms with van der Waals surface area (Å²) in [5.41, 5.74) is 22.8.